The van der Waals surface area contributed by atoms with Crippen LogP contribution in [-0.4, -0.2) is 25.3 Å². The zero-order valence-corrected chi connectivity index (χ0v) is 12.7. The van der Waals surface area contributed by atoms with Crippen molar-refractivity contribution in [1.82, 2.24) is 5.32 Å². The minimum Gasteiger partial charge on any atom is -0.378 e. The third-order valence-electron chi connectivity index (χ3n) is 4.26. The second-order valence-corrected chi connectivity index (χ2v) is 5.64. The Kier molecular flexibility index (Phi) is 8.70. The van der Waals surface area contributed by atoms with Gasteiger partial charge in [0, 0.05) is 18.6 Å². The quantitative estimate of drug-likeness (QED) is 0.592. The van der Waals surface area contributed by atoms with Crippen molar-refractivity contribution in [3.63, 3.8) is 0 Å². The van der Waals surface area contributed by atoms with Crippen molar-refractivity contribution in [2.24, 2.45) is 5.92 Å². The van der Waals surface area contributed by atoms with Crippen molar-refractivity contribution in [2.75, 3.05) is 13.2 Å². The fourth-order valence-electron chi connectivity index (χ4n) is 3.24. The summed E-state index contributed by atoms with van der Waals surface area (Å²) in [4.78, 5) is 0. The zero-order valence-electron chi connectivity index (χ0n) is 12.7. The maximum Gasteiger partial charge on any atom is 0.0616 e. The molecule has 3 atom stereocenters. The topological polar surface area (TPSA) is 21.3 Å². The Hall–Kier alpha value is -0.0800. The SMILES string of the molecule is CCCCCCCC(NCC)C1CCOC1CC. The number of unbranched alkanes of at least 4 members (excludes halogenated alkanes) is 4. The summed E-state index contributed by atoms with van der Waals surface area (Å²) in [5.74, 6) is 0.751. The summed E-state index contributed by atoms with van der Waals surface area (Å²) in [7, 11) is 0. The molecule has 108 valence electrons. The molecule has 0 aromatic carbocycles. The average molecular weight is 255 g/mol. The number of ether oxygens (including phenoxy) is 1. The lowest BCUT2D eigenvalue weighted by molar-refractivity contribution is 0.0763. The number of nitrogens with one attached hydrogen (secondary N) is 1. The molecule has 3 unspecified atom stereocenters. The molecular weight excluding hydrogens is 222 g/mol. The van der Waals surface area contributed by atoms with Crippen molar-refractivity contribution in [3.05, 3.63) is 0 Å². The van der Waals surface area contributed by atoms with E-state index in [0.717, 1.165) is 19.1 Å². The predicted molar refractivity (Wildman–Crippen MR) is 79.0 cm³/mol. The predicted octanol–water partition coefficient (Wildman–Crippen LogP) is 4.14. The molecule has 2 heteroatoms. The average Bonchev–Trinajstić information content (AvgIpc) is 2.85. The van der Waals surface area contributed by atoms with Gasteiger partial charge in [-0.15, -0.1) is 0 Å². The lowest BCUT2D eigenvalue weighted by Crippen LogP contribution is -2.39. The Morgan fingerprint density at radius 3 is 2.56 bits per heavy atom. The van der Waals surface area contributed by atoms with E-state index in [2.05, 4.69) is 26.1 Å². The van der Waals surface area contributed by atoms with Crippen LogP contribution in [0.15, 0.2) is 0 Å². The van der Waals surface area contributed by atoms with E-state index in [1.54, 1.807) is 0 Å². The summed E-state index contributed by atoms with van der Waals surface area (Å²) in [6, 6.07) is 0.684. The summed E-state index contributed by atoms with van der Waals surface area (Å²) >= 11 is 0. The second-order valence-electron chi connectivity index (χ2n) is 5.64. The highest BCUT2D eigenvalue weighted by molar-refractivity contribution is 4.85. The normalized spacial score (nSPS) is 25.5. The maximum atomic E-state index is 5.85. The summed E-state index contributed by atoms with van der Waals surface area (Å²) in [6.07, 6.45) is 11.2. The Balaban J connectivity index is 2.29. The van der Waals surface area contributed by atoms with Gasteiger partial charge in [0.05, 0.1) is 6.10 Å². The van der Waals surface area contributed by atoms with Crippen LogP contribution < -0.4 is 5.32 Å². The van der Waals surface area contributed by atoms with E-state index in [9.17, 15) is 0 Å². The van der Waals surface area contributed by atoms with Gasteiger partial charge in [0.1, 0.15) is 0 Å². The van der Waals surface area contributed by atoms with Crippen LogP contribution in [0.3, 0.4) is 0 Å². The van der Waals surface area contributed by atoms with Crippen LogP contribution in [0.4, 0.5) is 0 Å². The molecule has 1 heterocycles. The van der Waals surface area contributed by atoms with Crippen molar-refractivity contribution in [1.29, 1.82) is 0 Å². The van der Waals surface area contributed by atoms with Gasteiger partial charge in [0.25, 0.3) is 0 Å². The monoisotopic (exact) mass is 255 g/mol. The van der Waals surface area contributed by atoms with Gasteiger partial charge in [-0.2, -0.15) is 0 Å². The van der Waals surface area contributed by atoms with Gasteiger partial charge in [-0.1, -0.05) is 52.9 Å². The van der Waals surface area contributed by atoms with Crippen LogP contribution in [0.5, 0.6) is 0 Å². The molecule has 0 saturated carbocycles. The van der Waals surface area contributed by atoms with Crippen LogP contribution in [0.2, 0.25) is 0 Å². The summed E-state index contributed by atoms with van der Waals surface area (Å²) in [5, 5.41) is 3.70. The highest BCUT2D eigenvalue weighted by Gasteiger charge is 2.32. The van der Waals surface area contributed by atoms with Gasteiger partial charge in [-0.05, 0) is 25.8 Å². The minimum atomic E-state index is 0.504. The summed E-state index contributed by atoms with van der Waals surface area (Å²) < 4.78 is 5.85. The third-order valence-corrected chi connectivity index (χ3v) is 4.26. The first-order valence-corrected chi connectivity index (χ1v) is 8.18. The Bertz CT molecular complexity index is 196. The zero-order chi connectivity index (χ0) is 13.2. The molecule has 0 spiro atoms. The largest absolute Gasteiger partial charge is 0.378 e. The summed E-state index contributed by atoms with van der Waals surface area (Å²) in [5.41, 5.74) is 0. The van der Waals surface area contributed by atoms with Crippen LogP contribution >= 0.6 is 0 Å². The molecule has 1 N–H and O–H groups in total. The fourth-order valence-corrected chi connectivity index (χ4v) is 3.24. The number of hydrogen-bond acceptors (Lipinski definition) is 2. The minimum absolute atomic E-state index is 0.504. The lowest BCUT2D eigenvalue weighted by Gasteiger charge is -2.28. The van der Waals surface area contributed by atoms with Gasteiger partial charge in [-0.3, -0.25) is 0 Å². The van der Waals surface area contributed by atoms with Crippen LogP contribution in [-0.2, 0) is 4.74 Å². The van der Waals surface area contributed by atoms with Crippen molar-refractivity contribution in [2.45, 2.75) is 84.3 Å². The molecule has 1 rings (SSSR count). The van der Waals surface area contributed by atoms with E-state index in [1.807, 2.05) is 0 Å². The molecular formula is C16H33NO. The molecule has 1 aliphatic rings. The van der Waals surface area contributed by atoms with E-state index >= 15 is 0 Å². The van der Waals surface area contributed by atoms with E-state index < -0.39 is 0 Å². The molecule has 0 radical (unpaired) electrons. The smallest absolute Gasteiger partial charge is 0.0616 e. The van der Waals surface area contributed by atoms with Crippen LogP contribution in [0, 0.1) is 5.92 Å². The molecule has 1 aliphatic heterocycles. The van der Waals surface area contributed by atoms with E-state index in [1.165, 1.54) is 51.4 Å². The first-order chi connectivity index (χ1) is 8.83. The molecule has 1 saturated heterocycles. The molecule has 0 aromatic rings. The van der Waals surface area contributed by atoms with E-state index in [-0.39, 0.29) is 0 Å². The Labute approximate surface area is 114 Å². The van der Waals surface area contributed by atoms with Gasteiger partial charge >= 0.3 is 0 Å². The maximum absolute atomic E-state index is 5.85. The molecule has 1 fully saturated rings. The number of hydrogen-bond donors (Lipinski definition) is 1. The standard InChI is InChI=1S/C16H33NO/c1-4-7-8-9-10-11-15(17-6-3)14-12-13-18-16(14)5-2/h14-17H,4-13H2,1-3H3. The van der Waals surface area contributed by atoms with Gasteiger partial charge in [-0.25, -0.2) is 0 Å². The van der Waals surface area contributed by atoms with Gasteiger partial charge in [0.2, 0.25) is 0 Å². The van der Waals surface area contributed by atoms with Gasteiger partial charge in [0.15, 0.2) is 0 Å². The Morgan fingerprint density at radius 1 is 1.11 bits per heavy atom. The first kappa shape index (κ1) is 16.0. The lowest BCUT2D eigenvalue weighted by atomic mass is 9.88. The van der Waals surface area contributed by atoms with E-state index in [0.29, 0.717) is 12.1 Å². The first-order valence-electron chi connectivity index (χ1n) is 8.18. The third kappa shape index (κ3) is 5.27. The molecule has 0 aromatic heterocycles. The van der Waals surface area contributed by atoms with Crippen molar-refractivity contribution >= 4 is 0 Å². The second kappa shape index (κ2) is 9.80. The highest BCUT2D eigenvalue weighted by Crippen LogP contribution is 2.29. The summed E-state index contributed by atoms with van der Waals surface area (Å²) in [6.45, 7) is 8.82. The van der Waals surface area contributed by atoms with E-state index in [4.69, 9.17) is 4.74 Å². The van der Waals surface area contributed by atoms with Crippen molar-refractivity contribution < 1.29 is 4.74 Å². The molecule has 0 aliphatic carbocycles. The molecule has 0 bridgehead atoms. The molecule has 2 nitrogen and oxygen atoms in total. The Morgan fingerprint density at radius 2 is 1.89 bits per heavy atom. The van der Waals surface area contributed by atoms with Crippen LogP contribution in [0.25, 0.3) is 0 Å². The molecule has 0 amide bonds. The van der Waals surface area contributed by atoms with Crippen molar-refractivity contribution in [3.8, 4) is 0 Å². The highest BCUT2D eigenvalue weighted by atomic mass is 16.5. The van der Waals surface area contributed by atoms with Crippen LogP contribution in [0.1, 0.15) is 72.1 Å². The fraction of sp³-hybridized carbons (Fsp3) is 1.00. The molecule has 18 heavy (non-hydrogen) atoms. The number of rotatable bonds is 10. The van der Waals surface area contributed by atoms with Gasteiger partial charge < -0.3 is 10.1 Å².